The van der Waals surface area contributed by atoms with E-state index in [4.69, 9.17) is 0 Å². The van der Waals surface area contributed by atoms with Crippen molar-refractivity contribution in [1.29, 1.82) is 0 Å². The van der Waals surface area contributed by atoms with Crippen LogP contribution in [0.4, 0.5) is 13.2 Å². The average molecular weight is 271 g/mol. The van der Waals surface area contributed by atoms with E-state index in [9.17, 15) is 13.2 Å². The Kier molecular flexibility index (Phi) is 4.19. The van der Waals surface area contributed by atoms with Crippen LogP contribution in [0.1, 0.15) is 43.7 Å². The average Bonchev–Trinajstić information content (AvgIpc) is 2.36. The second-order valence-corrected chi connectivity index (χ2v) is 5.38. The molecule has 0 amide bonds. The molecule has 0 aliphatic heterocycles. The quantitative estimate of drug-likeness (QED) is 0.865. The highest BCUT2D eigenvalue weighted by Crippen LogP contribution is 2.43. The second-order valence-electron chi connectivity index (χ2n) is 5.38. The summed E-state index contributed by atoms with van der Waals surface area (Å²) in [6.45, 7) is 5.30. The first-order valence-corrected chi connectivity index (χ1v) is 6.84. The van der Waals surface area contributed by atoms with Gasteiger partial charge in [0.15, 0.2) is 0 Å². The zero-order valence-electron chi connectivity index (χ0n) is 11.3. The molecule has 19 heavy (non-hydrogen) atoms. The zero-order valence-corrected chi connectivity index (χ0v) is 11.3. The maximum Gasteiger partial charge on any atom is 0.416 e. The fourth-order valence-electron chi connectivity index (χ4n) is 2.75. The van der Waals surface area contributed by atoms with E-state index in [0.717, 1.165) is 24.9 Å². The van der Waals surface area contributed by atoms with Crippen LogP contribution in [-0.4, -0.2) is 12.6 Å². The number of halogens is 3. The number of hydrogen-bond donors (Lipinski definition) is 1. The van der Waals surface area contributed by atoms with Crippen LogP contribution in [0.3, 0.4) is 0 Å². The van der Waals surface area contributed by atoms with E-state index in [1.807, 2.05) is 0 Å². The van der Waals surface area contributed by atoms with Gasteiger partial charge in [0.25, 0.3) is 0 Å². The van der Waals surface area contributed by atoms with E-state index in [0.29, 0.717) is 17.9 Å². The lowest BCUT2D eigenvalue weighted by Crippen LogP contribution is -2.48. The number of rotatable bonds is 4. The summed E-state index contributed by atoms with van der Waals surface area (Å²) < 4.78 is 37.5. The Morgan fingerprint density at radius 2 is 1.84 bits per heavy atom. The summed E-state index contributed by atoms with van der Waals surface area (Å²) >= 11 is 0. The fraction of sp³-hybridized carbons (Fsp3) is 0.600. The van der Waals surface area contributed by atoms with E-state index in [2.05, 4.69) is 19.2 Å². The second kappa shape index (κ2) is 5.53. The van der Waals surface area contributed by atoms with Crippen LogP contribution in [0.2, 0.25) is 0 Å². The molecular formula is C15H20F3N. The van der Waals surface area contributed by atoms with Gasteiger partial charge < -0.3 is 5.32 Å². The predicted molar refractivity (Wildman–Crippen MR) is 70.0 cm³/mol. The maximum absolute atomic E-state index is 12.5. The van der Waals surface area contributed by atoms with Crippen molar-refractivity contribution >= 4 is 0 Å². The van der Waals surface area contributed by atoms with Crippen LogP contribution < -0.4 is 5.32 Å². The van der Waals surface area contributed by atoms with Crippen LogP contribution in [0.15, 0.2) is 24.3 Å². The van der Waals surface area contributed by atoms with Crippen molar-refractivity contribution in [1.82, 2.24) is 5.32 Å². The molecule has 3 unspecified atom stereocenters. The van der Waals surface area contributed by atoms with Crippen LogP contribution in [0.5, 0.6) is 0 Å². The van der Waals surface area contributed by atoms with Crippen molar-refractivity contribution in [2.75, 3.05) is 6.54 Å². The Bertz CT molecular complexity index is 410. The SMILES string of the molecule is CCCNC1CC(c2ccc(C(F)(F)F)cc2)C1C. The molecule has 1 aliphatic carbocycles. The molecule has 0 heterocycles. The van der Waals surface area contributed by atoms with Gasteiger partial charge in [-0.1, -0.05) is 26.0 Å². The maximum atomic E-state index is 12.5. The Morgan fingerprint density at radius 1 is 1.21 bits per heavy atom. The summed E-state index contributed by atoms with van der Waals surface area (Å²) in [6, 6.07) is 6.14. The van der Waals surface area contributed by atoms with Gasteiger partial charge in [0.2, 0.25) is 0 Å². The third-order valence-electron chi connectivity index (χ3n) is 4.10. The molecule has 0 bridgehead atoms. The van der Waals surface area contributed by atoms with E-state index >= 15 is 0 Å². The molecule has 1 aromatic rings. The van der Waals surface area contributed by atoms with Crippen LogP contribution in [0.25, 0.3) is 0 Å². The lowest BCUT2D eigenvalue weighted by atomic mass is 9.67. The van der Waals surface area contributed by atoms with Gasteiger partial charge in [-0.3, -0.25) is 0 Å². The lowest BCUT2D eigenvalue weighted by Gasteiger charge is -2.44. The molecule has 2 rings (SSSR count). The first-order chi connectivity index (χ1) is 8.93. The molecule has 106 valence electrons. The molecule has 0 aromatic heterocycles. The minimum Gasteiger partial charge on any atom is -0.314 e. The number of nitrogens with one attached hydrogen (secondary N) is 1. The molecule has 1 aromatic carbocycles. The molecule has 1 N–H and O–H groups in total. The monoisotopic (exact) mass is 271 g/mol. The largest absolute Gasteiger partial charge is 0.416 e. The van der Waals surface area contributed by atoms with E-state index in [-0.39, 0.29) is 0 Å². The van der Waals surface area contributed by atoms with Crippen molar-refractivity contribution < 1.29 is 13.2 Å². The number of benzene rings is 1. The Labute approximate surface area is 112 Å². The number of hydrogen-bond acceptors (Lipinski definition) is 1. The van der Waals surface area contributed by atoms with Gasteiger partial charge in [-0.2, -0.15) is 13.2 Å². The standard InChI is InChI=1S/C15H20F3N/c1-3-8-19-14-9-13(10(14)2)11-4-6-12(7-5-11)15(16,17)18/h4-7,10,13-14,19H,3,8-9H2,1-2H3. The summed E-state index contributed by atoms with van der Waals surface area (Å²) in [4.78, 5) is 0. The number of alkyl halides is 3. The minimum absolute atomic E-state index is 0.386. The normalized spacial score (nSPS) is 27.1. The predicted octanol–water partition coefficient (Wildman–Crippen LogP) is 4.20. The molecule has 1 aliphatic rings. The smallest absolute Gasteiger partial charge is 0.314 e. The summed E-state index contributed by atoms with van der Waals surface area (Å²) in [5.74, 6) is 0.875. The topological polar surface area (TPSA) is 12.0 Å². The van der Waals surface area contributed by atoms with Crippen molar-refractivity contribution in [3.8, 4) is 0 Å². The van der Waals surface area contributed by atoms with Crippen LogP contribution in [-0.2, 0) is 6.18 Å². The Hall–Kier alpha value is -1.03. The highest BCUT2D eigenvalue weighted by atomic mass is 19.4. The third-order valence-corrected chi connectivity index (χ3v) is 4.10. The first kappa shape index (κ1) is 14.4. The molecular weight excluding hydrogens is 251 g/mol. The third kappa shape index (κ3) is 3.11. The first-order valence-electron chi connectivity index (χ1n) is 6.84. The summed E-state index contributed by atoms with van der Waals surface area (Å²) in [5, 5.41) is 3.47. The Morgan fingerprint density at radius 3 is 2.32 bits per heavy atom. The molecule has 4 heteroatoms. The summed E-state index contributed by atoms with van der Waals surface area (Å²) in [5.41, 5.74) is 0.457. The fourth-order valence-corrected chi connectivity index (χ4v) is 2.75. The Balaban J connectivity index is 1.97. The van der Waals surface area contributed by atoms with Crippen molar-refractivity contribution in [3.63, 3.8) is 0 Å². The van der Waals surface area contributed by atoms with Gasteiger partial charge in [0.1, 0.15) is 0 Å². The van der Waals surface area contributed by atoms with E-state index < -0.39 is 11.7 Å². The molecule has 1 fully saturated rings. The lowest BCUT2D eigenvalue weighted by molar-refractivity contribution is -0.137. The molecule has 0 saturated heterocycles. The van der Waals surface area contributed by atoms with Gasteiger partial charge in [-0.05, 0) is 48.9 Å². The van der Waals surface area contributed by atoms with E-state index in [1.54, 1.807) is 12.1 Å². The minimum atomic E-state index is -4.24. The van der Waals surface area contributed by atoms with Crippen LogP contribution in [0, 0.1) is 5.92 Å². The zero-order chi connectivity index (χ0) is 14.0. The molecule has 3 atom stereocenters. The highest BCUT2D eigenvalue weighted by molar-refractivity contribution is 5.29. The highest BCUT2D eigenvalue weighted by Gasteiger charge is 2.38. The summed E-state index contributed by atoms with van der Waals surface area (Å²) in [7, 11) is 0. The van der Waals surface area contributed by atoms with E-state index in [1.165, 1.54) is 12.1 Å². The van der Waals surface area contributed by atoms with Crippen molar-refractivity contribution in [3.05, 3.63) is 35.4 Å². The molecule has 0 spiro atoms. The van der Waals surface area contributed by atoms with Gasteiger partial charge in [-0.15, -0.1) is 0 Å². The van der Waals surface area contributed by atoms with Gasteiger partial charge >= 0.3 is 6.18 Å². The summed E-state index contributed by atoms with van der Waals surface area (Å²) in [6.07, 6.45) is -2.12. The molecule has 0 radical (unpaired) electrons. The van der Waals surface area contributed by atoms with Crippen LogP contribution >= 0.6 is 0 Å². The molecule has 1 nitrogen and oxygen atoms in total. The van der Waals surface area contributed by atoms with Gasteiger partial charge in [0.05, 0.1) is 5.56 Å². The molecule has 1 saturated carbocycles. The van der Waals surface area contributed by atoms with Crippen molar-refractivity contribution in [2.24, 2.45) is 5.92 Å². The van der Waals surface area contributed by atoms with Crippen molar-refractivity contribution in [2.45, 2.75) is 44.8 Å². The van der Waals surface area contributed by atoms with Gasteiger partial charge in [0, 0.05) is 6.04 Å². The van der Waals surface area contributed by atoms with Gasteiger partial charge in [-0.25, -0.2) is 0 Å².